The van der Waals surface area contributed by atoms with E-state index in [0.29, 0.717) is 0 Å². The van der Waals surface area contributed by atoms with Crippen molar-refractivity contribution in [2.24, 2.45) is 0 Å². The number of pyridine rings is 1. The topological polar surface area (TPSA) is 13.1 Å². The van der Waals surface area contributed by atoms with E-state index in [1.165, 1.54) is 10.9 Å². The first-order valence-electron chi connectivity index (χ1n) is 4.81. The van der Waals surface area contributed by atoms with Crippen LogP contribution >= 0.6 is 0 Å². The molecule has 2 heteroatoms. The summed E-state index contributed by atoms with van der Waals surface area (Å²) in [6, 6.07) is 10.3. The molecule has 0 saturated heterocycles. The van der Waals surface area contributed by atoms with Crippen LogP contribution in [0.5, 0.6) is 5.75 Å². The van der Waals surface area contributed by atoms with Gasteiger partial charge < -0.3 is 4.74 Å². The molecule has 0 fully saturated rings. The third kappa shape index (κ3) is 0.830. The summed E-state index contributed by atoms with van der Waals surface area (Å²) in [5.41, 5.74) is 0.934. The molecule has 0 N–H and O–H groups in total. The molecule has 0 bridgehead atoms. The monoisotopic (exact) mass is 186 g/mol. The van der Waals surface area contributed by atoms with Crippen LogP contribution in [-0.2, 0) is 5.72 Å². The van der Waals surface area contributed by atoms with Gasteiger partial charge in [0.2, 0.25) is 0 Å². The third-order valence-electron chi connectivity index (χ3n) is 2.72. The molecule has 0 unspecified atom stereocenters. The fraction of sp³-hybridized carbons (Fsp3) is 0.250. The molecule has 0 spiro atoms. The highest BCUT2D eigenvalue weighted by Crippen LogP contribution is 2.32. The number of hydrogen-bond donors (Lipinski definition) is 0. The highest BCUT2D eigenvalue weighted by Gasteiger charge is 2.40. The van der Waals surface area contributed by atoms with E-state index in [2.05, 4.69) is 42.8 Å². The van der Waals surface area contributed by atoms with E-state index < -0.39 is 0 Å². The highest BCUT2D eigenvalue weighted by atomic mass is 16.5. The zero-order valence-corrected chi connectivity index (χ0v) is 8.32. The number of para-hydroxylation sites is 1. The van der Waals surface area contributed by atoms with E-state index in [9.17, 15) is 0 Å². The maximum atomic E-state index is 5.87. The lowest BCUT2D eigenvalue weighted by molar-refractivity contribution is -0.759. The number of aromatic nitrogens is 1. The summed E-state index contributed by atoms with van der Waals surface area (Å²) in [7, 11) is 0. The molecule has 2 heterocycles. The fourth-order valence-corrected chi connectivity index (χ4v) is 2.09. The molecule has 2 aromatic rings. The Labute approximate surface area is 82.7 Å². The second-order valence-electron chi connectivity index (χ2n) is 4.12. The maximum absolute atomic E-state index is 5.87. The lowest BCUT2D eigenvalue weighted by atomic mass is 10.2. The van der Waals surface area contributed by atoms with Gasteiger partial charge in [-0.05, 0) is 18.2 Å². The van der Waals surface area contributed by atoms with Crippen LogP contribution in [0.15, 0.2) is 36.5 Å². The normalized spacial score (nSPS) is 17.0. The molecule has 0 radical (unpaired) electrons. The van der Waals surface area contributed by atoms with E-state index in [0.717, 1.165) is 5.75 Å². The molecule has 2 nitrogen and oxygen atoms in total. The number of nitrogens with zero attached hydrogens (tertiary/aromatic N) is 1. The first-order chi connectivity index (χ1) is 6.68. The second kappa shape index (κ2) is 2.27. The summed E-state index contributed by atoms with van der Waals surface area (Å²) in [6.45, 7) is 4.15. The van der Waals surface area contributed by atoms with Gasteiger partial charge in [-0.2, -0.15) is 4.57 Å². The molecule has 1 aromatic carbocycles. The van der Waals surface area contributed by atoms with Crippen LogP contribution in [0.2, 0.25) is 0 Å². The van der Waals surface area contributed by atoms with E-state index >= 15 is 0 Å². The van der Waals surface area contributed by atoms with Crippen LogP contribution < -0.4 is 9.30 Å². The zero-order chi connectivity index (χ0) is 9.76. The maximum Gasteiger partial charge on any atom is 0.306 e. The van der Waals surface area contributed by atoms with Crippen molar-refractivity contribution in [2.75, 3.05) is 0 Å². The quantitative estimate of drug-likeness (QED) is 0.575. The Balaban J connectivity index is 2.50. The molecule has 0 aliphatic carbocycles. The summed E-state index contributed by atoms with van der Waals surface area (Å²) >= 11 is 0. The van der Waals surface area contributed by atoms with Gasteiger partial charge in [-0.3, -0.25) is 0 Å². The van der Waals surface area contributed by atoms with Crippen molar-refractivity contribution in [3.8, 4) is 5.75 Å². The van der Waals surface area contributed by atoms with Crippen molar-refractivity contribution in [3.05, 3.63) is 36.5 Å². The molecule has 0 amide bonds. The van der Waals surface area contributed by atoms with Crippen molar-refractivity contribution < 1.29 is 9.30 Å². The molecule has 14 heavy (non-hydrogen) atoms. The Morgan fingerprint density at radius 1 is 1.14 bits per heavy atom. The van der Waals surface area contributed by atoms with E-state index in [1.807, 2.05) is 12.1 Å². The lowest BCUT2D eigenvalue weighted by Crippen LogP contribution is -2.52. The molecule has 1 aliphatic rings. The van der Waals surface area contributed by atoms with Gasteiger partial charge in [-0.1, -0.05) is 6.07 Å². The summed E-state index contributed by atoms with van der Waals surface area (Å²) in [5, 5.41) is 1.23. The SMILES string of the molecule is CC1(C)Oc2cccc3ccc[n+]1c23. The number of hydrogen-bond acceptors (Lipinski definition) is 1. The van der Waals surface area contributed by atoms with Gasteiger partial charge >= 0.3 is 5.72 Å². The molecule has 1 aromatic heterocycles. The van der Waals surface area contributed by atoms with Crippen molar-refractivity contribution >= 4 is 10.9 Å². The highest BCUT2D eigenvalue weighted by molar-refractivity contribution is 5.82. The summed E-state index contributed by atoms with van der Waals surface area (Å²) in [4.78, 5) is 0. The van der Waals surface area contributed by atoms with E-state index in [1.54, 1.807) is 0 Å². The first kappa shape index (κ1) is 7.80. The van der Waals surface area contributed by atoms with Crippen LogP contribution in [0.4, 0.5) is 0 Å². The van der Waals surface area contributed by atoms with Crippen LogP contribution in [0.1, 0.15) is 13.8 Å². The summed E-state index contributed by atoms with van der Waals surface area (Å²) < 4.78 is 8.05. The molecular formula is C12H12NO+. The first-order valence-corrected chi connectivity index (χ1v) is 4.81. The Hall–Kier alpha value is -1.57. The van der Waals surface area contributed by atoms with Crippen molar-refractivity contribution in [3.63, 3.8) is 0 Å². The largest absolute Gasteiger partial charge is 0.425 e. The van der Waals surface area contributed by atoms with E-state index in [-0.39, 0.29) is 5.72 Å². The van der Waals surface area contributed by atoms with Gasteiger partial charge in [0.05, 0.1) is 5.39 Å². The minimum Gasteiger partial charge on any atom is -0.425 e. The third-order valence-corrected chi connectivity index (χ3v) is 2.72. The smallest absolute Gasteiger partial charge is 0.306 e. The Morgan fingerprint density at radius 3 is 2.79 bits per heavy atom. The fourth-order valence-electron chi connectivity index (χ4n) is 2.09. The van der Waals surface area contributed by atoms with Crippen LogP contribution in [0.3, 0.4) is 0 Å². The van der Waals surface area contributed by atoms with Crippen molar-refractivity contribution in [1.82, 2.24) is 0 Å². The van der Waals surface area contributed by atoms with Gasteiger partial charge in [0.1, 0.15) is 0 Å². The van der Waals surface area contributed by atoms with Gasteiger partial charge in [-0.25, -0.2) is 0 Å². The minimum absolute atomic E-state index is 0.261. The van der Waals surface area contributed by atoms with Crippen molar-refractivity contribution in [2.45, 2.75) is 19.6 Å². The predicted molar refractivity (Wildman–Crippen MR) is 54.1 cm³/mol. The Kier molecular flexibility index (Phi) is 1.26. The average Bonchev–Trinajstić information content (AvgIpc) is 2.41. The summed E-state index contributed by atoms with van der Waals surface area (Å²) in [5.74, 6) is 0.980. The van der Waals surface area contributed by atoms with Crippen molar-refractivity contribution in [1.29, 1.82) is 0 Å². The lowest BCUT2D eigenvalue weighted by Gasteiger charge is -2.12. The zero-order valence-electron chi connectivity index (χ0n) is 8.32. The molecule has 3 rings (SSSR count). The van der Waals surface area contributed by atoms with Gasteiger partial charge in [0.25, 0.3) is 5.52 Å². The summed E-state index contributed by atoms with van der Waals surface area (Å²) in [6.07, 6.45) is 2.07. The number of rotatable bonds is 0. The second-order valence-corrected chi connectivity index (χ2v) is 4.12. The molecular weight excluding hydrogens is 174 g/mol. The molecule has 70 valence electrons. The van der Waals surface area contributed by atoms with Crippen LogP contribution in [-0.4, -0.2) is 0 Å². The Morgan fingerprint density at radius 2 is 1.93 bits per heavy atom. The van der Waals surface area contributed by atoms with E-state index in [4.69, 9.17) is 4.74 Å². The number of benzene rings is 1. The minimum atomic E-state index is -0.261. The number of ether oxygens (including phenoxy) is 1. The molecule has 0 atom stereocenters. The standard InChI is InChI=1S/C12H12NO/c1-12(2)13-8-4-6-9-5-3-7-10(14-12)11(9)13/h3-8H,1-2H3/q+1. The van der Waals surface area contributed by atoms with Crippen LogP contribution in [0.25, 0.3) is 10.9 Å². The average molecular weight is 186 g/mol. The molecule has 1 aliphatic heterocycles. The van der Waals surface area contributed by atoms with Gasteiger partial charge in [-0.15, -0.1) is 0 Å². The van der Waals surface area contributed by atoms with Gasteiger partial charge in [0.15, 0.2) is 11.9 Å². The Bertz CT molecular complexity index is 511. The molecule has 0 saturated carbocycles. The van der Waals surface area contributed by atoms with Gasteiger partial charge in [0, 0.05) is 19.9 Å². The predicted octanol–water partition coefficient (Wildman–Crippen LogP) is 2.21. The van der Waals surface area contributed by atoms with Crippen LogP contribution in [0, 0.1) is 0 Å².